The van der Waals surface area contributed by atoms with Gasteiger partial charge >= 0.3 is 0 Å². The Bertz CT molecular complexity index is 1030. The molecular formula is C20H21N3O4S2. The SMILES string of the molecule is COc1ccc(CNC(=O)c2ccc(NC3=N[C@@H]4CS(=O)(=O)C[C@@H]4S3)cc2)cc1. The quantitative estimate of drug-likeness (QED) is 0.754. The number of benzene rings is 2. The number of carbonyl (C=O) groups excluding carboxylic acids is 1. The number of hydrogen-bond acceptors (Lipinski definition) is 7. The predicted octanol–water partition coefficient (Wildman–Crippen LogP) is 2.31. The fourth-order valence-electron chi connectivity index (χ4n) is 3.27. The molecule has 0 bridgehead atoms. The molecular weight excluding hydrogens is 410 g/mol. The number of amidine groups is 1. The fraction of sp³-hybridized carbons (Fsp3) is 0.300. The molecule has 29 heavy (non-hydrogen) atoms. The number of nitrogens with zero attached hydrogens (tertiary/aromatic N) is 1. The molecule has 2 atom stereocenters. The molecule has 0 spiro atoms. The molecule has 0 saturated carbocycles. The van der Waals surface area contributed by atoms with Gasteiger partial charge in [0.2, 0.25) is 0 Å². The Kier molecular flexibility index (Phi) is 5.51. The Morgan fingerprint density at radius 3 is 2.52 bits per heavy atom. The van der Waals surface area contributed by atoms with E-state index in [1.54, 1.807) is 19.2 Å². The van der Waals surface area contributed by atoms with E-state index in [-0.39, 0.29) is 28.7 Å². The van der Waals surface area contributed by atoms with Gasteiger partial charge in [0.25, 0.3) is 5.91 Å². The van der Waals surface area contributed by atoms with Gasteiger partial charge in [-0.05, 0) is 42.0 Å². The van der Waals surface area contributed by atoms with Gasteiger partial charge < -0.3 is 15.4 Å². The third-order valence-electron chi connectivity index (χ3n) is 4.83. The van der Waals surface area contributed by atoms with E-state index in [1.807, 2.05) is 36.4 Å². The number of nitrogens with one attached hydrogen (secondary N) is 2. The number of fused-ring (bicyclic) bond motifs is 1. The zero-order chi connectivity index (χ0) is 20.4. The van der Waals surface area contributed by atoms with Crippen LogP contribution < -0.4 is 15.4 Å². The number of rotatable bonds is 5. The van der Waals surface area contributed by atoms with Gasteiger partial charge in [-0.15, -0.1) is 0 Å². The van der Waals surface area contributed by atoms with Crippen LogP contribution in [0, 0.1) is 0 Å². The van der Waals surface area contributed by atoms with Gasteiger partial charge in [-0.3, -0.25) is 9.79 Å². The number of thioether (sulfide) groups is 1. The Morgan fingerprint density at radius 2 is 1.86 bits per heavy atom. The first-order valence-corrected chi connectivity index (χ1v) is 11.8. The van der Waals surface area contributed by atoms with Crippen LogP contribution in [0.5, 0.6) is 5.75 Å². The maximum absolute atomic E-state index is 12.3. The van der Waals surface area contributed by atoms with Crippen LogP contribution in [-0.4, -0.2) is 49.4 Å². The fourth-order valence-corrected chi connectivity index (χ4v) is 6.95. The molecule has 7 nitrogen and oxygen atoms in total. The molecule has 2 N–H and O–H groups in total. The highest BCUT2D eigenvalue weighted by Gasteiger charge is 2.42. The summed E-state index contributed by atoms with van der Waals surface area (Å²) in [6, 6.07) is 14.5. The van der Waals surface area contributed by atoms with Crippen molar-refractivity contribution in [3.8, 4) is 5.75 Å². The van der Waals surface area contributed by atoms with E-state index < -0.39 is 9.84 Å². The van der Waals surface area contributed by atoms with E-state index in [0.29, 0.717) is 12.1 Å². The summed E-state index contributed by atoms with van der Waals surface area (Å²) < 4.78 is 28.4. The van der Waals surface area contributed by atoms with Gasteiger partial charge in [0.15, 0.2) is 15.0 Å². The monoisotopic (exact) mass is 431 g/mol. The van der Waals surface area contributed by atoms with Crippen molar-refractivity contribution in [2.24, 2.45) is 4.99 Å². The van der Waals surface area contributed by atoms with E-state index in [4.69, 9.17) is 4.74 Å². The molecule has 4 rings (SSSR count). The molecule has 0 radical (unpaired) electrons. The highest BCUT2D eigenvalue weighted by Crippen LogP contribution is 2.34. The molecule has 1 fully saturated rings. The number of methoxy groups -OCH3 is 1. The topological polar surface area (TPSA) is 96.9 Å². The Morgan fingerprint density at radius 1 is 1.14 bits per heavy atom. The number of amides is 1. The maximum Gasteiger partial charge on any atom is 0.251 e. The van der Waals surface area contributed by atoms with Crippen molar-refractivity contribution in [1.82, 2.24) is 5.32 Å². The van der Waals surface area contributed by atoms with Gasteiger partial charge in [0.05, 0.1) is 24.7 Å². The lowest BCUT2D eigenvalue weighted by atomic mass is 10.1. The average Bonchev–Trinajstić information content (AvgIpc) is 3.19. The predicted molar refractivity (Wildman–Crippen MR) is 115 cm³/mol. The van der Waals surface area contributed by atoms with Gasteiger partial charge in [-0.25, -0.2) is 8.42 Å². The molecule has 0 aromatic heterocycles. The number of carbonyl (C=O) groups is 1. The molecule has 1 amide bonds. The lowest BCUT2D eigenvalue weighted by Gasteiger charge is -2.09. The van der Waals surface area contributed by atoms with Crippen LogP contribution in [-0.2, 0) is 16.4 Å². The summed E-state index contributed by atoms with van der Waals surface area (Å²) in [6.07, 6.45) is 0. The van der Waals surface area contributed by atoms with Crippen LogP contribution in [0.15, 0.2) is 53.5 Å². The molecule has 0 aliphatic carbocycles. The lowest BCUT2D eigenvalue weighted by Crippen LogP contribution is -2.22. The van der Waals surface area contributed by atoms with E-state index in [0.717, 1.165) is 22.2 Å². The smallest absolute Gasteiger partial charge is 0.251 e. The Hall–Kier alpha value is -2.52. The zero-order valence-electron chi connectivity index (χ0n) is 15.8. The summed E-state index contributed by atoms with van der Waals surface area (Å²) in [7, 11) is -1.34. The highest BCUT2D eigenvalue weighted by atomic mass is 32.2. The van der Waals surface area contributed by atoms with Crippen molar-refractivity contribution in [3.05, 3.63) is 59.7 Å². The molecule has 9 heteroatoms. The molecule has 2 heterocycles. The highest BCUT2D eigenvalue weighted by molar-refractivity contribution is 8.15. The Balaban J connectivity index is 1.31. The summed E-state index contributed by atoms with van der Waals surface area (Å²) >= 11 is 1.47. The van der Waals surface area contributed by atoms with Crippen LogP contribution in [0.25, 0.3) is 0 Å². The first-order chi connectivity index (χ1) is 13.9. The number of anilines is 1. The standard InChI is InChI=1S/C20H21N3O4S2/c1-27-16-8-2-13(3-9-16)10-21-19(24)14-4-6-15(7-5-14)22-20-23-17-11-29(25,26)12-18(17)28-20/h2-9,17-18H,10-12H2,1H3,(H,21,24)(H,22,23)/t17-,18+/m1/s1. The minimum atomic E-state index is -2.95. The summed E-state index contributed by atoms with van der Waals surface area (Å²) in [5, 5.41) is 6.83. The molecule has 2 aromatic rings. The second-order valence-electron chi connectivity index (χ2n) is 6.97. The van der Waals surface area contributed by atoms with Crippen molar-refractivity contribution < 1.29 is 17.9 Å². The molecule has 2 aliphatic rings. The third kappa shape index (κ3) is 4.73. The van der Waals surface area contributed by atoms with E-state index >= 15 is 0 Å². The summed E-state index contributed by atoms with van der Waals surface area (Å²) in [6.45, 7) is 0.432. The molecule has 152 valence electrons. The largest absolute Gasteiger partial charge is 0.497 e. The molecule has 2 aromatic carbocycles. The normalized spacial score (nSPS) is 21.9. The number of aliphatic imine (C=N–C) groups is 1. The van der Waals surface area contributed by atoms with E-state index in [2.05, 4.69) is 15.6 Å². The van der Waals surface area contributed by atoms with Crippen LogP contribution in [0.2, 0.25) is 0 Å². The number of sulfone groups is 1. The second kappa shape index (κ2) is 8.08. The minimum absolute atomic E-state index is 0.00510. The van der Waals surface area contributed by atoms with Gasteiger partial charge in [0.1, 0.15) is 5.75 Å². The third-order valence-corrected chi connectivity index (χ3v) is 7.97. The van der Waals surface area contributed by atoms with Gasteiger partial charge in [-0.2, -0.15) is 0 Å². The number of hydrogen-bond donors (Lipinski definition) is 2. The molecule has 2 aliphatic heterocycles. The molecule has 0 unspecified atom stereocenters. The minimum Gasteiger partial charge on any atom is -0.497 e. The van der Waals surface area contributed by atoms with E-state index in [1.165, 1.54) is 11.8 Å². The van der Waals surface area contributed by atoms with Crippen molar-refractivity contribution in [3.63, 3.8) is 0 Å². The first-order valence-electron chi connectivity index (χ1n) is 9.15. The molecule has 1 saturated heterocycles. The average molecular weight is 432 g/mol. The lowest BCUT2D eigenvalue weighted by molar-refractivity contribution is 0.0951. The van der Waals surface area contributed by atoms with Crippen LogP contribution in [0.4, 0.5) is 5.69 Å². The maximum atomic E-state index is 12.3. The number of ether oxygens (including phenoxy) is 1. The first kappa shape index (κ1) is 19.8. The van der Waals surface area contributed by atoms with Crippen LogP contribution >= 0.6 is 11.8 Å². The van der Waals surface area contributed by atoms with E-state index in [9.17, 15) is 13.2 Å². The summed E-state index contributed by atoms with van der Waals surface area (Å²) in [5.74, 6) is 0.936. The second-order valence-corrected chi connectivity index (χ2v) is 10.3. The van der Waals surface area contributed by atoms with Crippen molar-refractivity contribution in [1.29, 1.82) is 0 Å². The summed E-state index contributed by atoms with van der Waals surface area (Å²) in [4.78, 5) is 16.8. The summed E-state index contributed by atoms with van der Waals surface area (Å²) in [5.41, 5.74) is 2.36. The van der Waals surface area contributed by atoms with Crippen LogP contribution in [0.1, 0.15) is 15.9 Å². The zero-order valence-corrected chi connectivity index (χ0v) is 17.4. The van der Waals surface area contributed by atoms with Crippen LogP contribution in [0.3, 0.4) is 0 Å². The Labute approximate surface area is 173 Å². The van der Waals surface area contributed by atoms with Crippen molar-refractivity contribution in [2.45, 2.75) is 17.8 Å². The van der Waals surface area contributed by atoms with Crippen molar-refractivity contribution in [2.75, 3.05) is 23.9 Å². The van der Waals surface area contributed by atoms with Gasteiger partial charge in [0, 0.05) is 23.0 Å². The van der Waals surface area contributed by atoms with Crippen molar-refractivity contribution >= 4 is 38.4 Å². The van der Waals surface area contributed by atoms with Gasteiger partial charge in [-0.1, -0.05) is 23.9 Å².